The number of rotatable bonds is 6. The maximum absolute atomic E-state index is 9.64. The van der Waals surface area contributed by atoms with Crippen LogP contribution in [0.4, 0.5) is 0 Å². The largest absolute Gasteiger partial charge is 0.390 e. The SMILES string of the molecule is CCCC(C)CC(O)C(O)C(C)C. The third-order valence-electron chi connectivity index (χ3n) is 2.50. The summed E-state index contributed by atoms with van der Waals surface area (Å²) in [4.78, 5) is 0. The van der Waals surface area contributed by atoms with E-state index in [9.17, 15) is 10.2 Å². The highest BCUT2D eigenvalue weighted by molar-refractivity contribution is 4.72. The summed E-state index contributed by atoms with van der Waals surface area (Å²) in [6, 6.07) is 0. The fraction of sp³-hybridized carbons (Fsp3) is 1.00. The van der Waals surface area contributed by atoms with Crippen LogP contribution < -0.4 is 0 Å². The van der Waals surface area contributed by atoms with Crippen LogP contribution in [0.1, 0.15) is 47.0 Å². The molecule has 0 spiro atoms. The predicted octanol–water partition coefficient (Wildman–Crippen LogP) is 2.19. The van der Waals surface area contributed by atoms with Crippen molar-refractivity contribution in [2.75, 3.05) is 0 Å². The van der Waals surface area contributed by atoms with Crippen LogP contribution >= 0.6 is 0 Å². The molecule has 3 atom stereocenters. The van der Waals surface area contributed by atoms with E-state index < -0.39 is 12.2 Å². The molecule has 0 aliphatic heterocycles. The van der Waals surface area contributed by atoms with Gasteiger partial charge in [0.25, 0.3) is 0 Å². The van der Waals surface area contributed by atoms with Crippen molar-refractivity contribution in [2.45, 2.75) is 59.2 Å². The van der Waals surface area contributed by atoms with Gasteiger partial charge in [0, 0.05) is 0 Å². The highest BCUT2D eigenvalue weighted by Crippen LogP contribution is 2.17. The van der Waals surface area contributed by atoms with E-state index in [0.717, 1.165) is 12.8 Å². The van der Waals surface area contributed by atoms with Crippen LogP contribution in [0.15, 0.2) is 0 Å². The number of aliphatic hydroxyl groups is 2. The van der Waals surface area contributed by atoms with E-state index in [-0.39, 0.29) is 5.92 Å². The van der Waals surface area contributed by atoms with Crippen molar-refractivity contribution in [3.8, 4) is 0 Å². The number of aliphatic hydroxyl groups excluding tert-OH is 2. The van der Waals surface area contributed by atoms with Gasteiger partial charge in [0.2, 0.25) is 0 Å². The molecule has 13 heavy (non-hydrogen) atoms. The molecule has 80 valence electrons. The van der Waals surface area contributed by atoms with E-state index in [1.54, 1.807) is 0 Å². The summed E-state index contributed by atoms with van der Waals surface area (Å²) in [5, 5.41) is 19.2. The summed E-state index contributed by atoms with van der Waals surface area (Å²) in [6.07, 6.45) is 1.86. The summed E-state index contributed by atoms with van der Waals surface area (Å²) in [5.74, 6) is 0.650. The second-order valence-electron chi connectivity index (χ2n) is 4.43. The molecule has 0 aliphatic carbocycles. The Kier molecular flexibility index (Phi) is 6.35. The lowest BCUT2D eigenvalue weighted by molar-refractivity contribution is -0.0196. The van der Waals surface area contributed by atoms with Crippen molar-refractivity contribution in [3.63, 3.8) is 0 Å². The highest BCUT2D eigenvalue weighted by atomic mass is 16.3. The molecular formula is C11H24O2. The van der Waals surface area contributed by atoms with Crippen LogP contribution in [-0.4, -0.2) is 22.4 Å². The molecule has 0 aromatic heterocycles. The van der Waals surface area contributed by atoms with E-state index in [0.29, 0.717) is 12.3 Å². The summed E-state index contributed by atoms with van der Waals surface area (Å²) in [7, 11) is 0. The molecule has 2 nitrogen and oxygen atoms in total. The van der Waals surface area contributed by atoms with Crippen molar-refractivity contribution < 1.29 is 10.2 Å². The third-order valence-corrected chi connectivity index (χ3v) is 2.50. The Hall–Kier alpha value is -0.0800. The molecule has 0 fully saturated rings. The lowest BCUT2D eigenvalue weighted by Gasteiger charge is -2.23. The zero-order valence-corrected chi connectivity index (χ0v) is 9.33. The van der Waals surface area contributed by atoms with Crippen LogP contribution in [0.25, 0.3) is 0 Å². The highest BCUT2D eigenvalue weighted by Gasteiger charge is 2.21. The Morgan fingerprint density at radius 3 is 2.00 bits per heavy atom. The number of hydrogen-bond acceptors (Lipinski definition) is 2. The Bertz CT molecular complexity index is 123. The molecule has 0 saturated carbocycles. The van der Waals surface area contributed by atoms with Gasteiger partial charge < -0.3 is 10.2 Å². The molecular weight excluding hydrogens is 164 g/mol. The van der Waals surface area contributed by atoms with Gasteiger partial charge in [0.1, 0.15) is 0 Å². The molecule has 0 aliphatic rings. The van der Waals surface area contributed by atoms with Crippen molar-refractivity contribution in [1.82, 2.24) is 0 Å². The van der Waals surface area contributed by atoms with Crippen molar-refractivity contribution >= 4 is 0 Å². The zero-order valence-electron chi connectivity index (χ0n) is 9.33. The standard InChI is InChI=1S/C11H24O2/c1-5-6-9(4)7-10(12)11(13)8(2)3/h8-13H,5-7H2,1-4H3. The van der Waals surface area contributed by atoms with Gasteiger partial charge in [-0.15, -0.1) is 0 Å². The van der Waals surface area contributed by atoms with Gasteiger partial charge >= 0.3 is 0 Å². The third kappa shape index (κ3) is 5.27. The summed E-state index contributed by atoms with van der Waals surface area (Å²) < 4.78 is 0. The summed E-state index contributed by atoms with van der Waals surface area (Å²) in [5.41, 5.74) is 0. The molecule has 0 heterocycles. The second kappa shape index (κ2) is 6.39. The molecule has 0 rings (SSSR count). The first-order chi connectivity index (χ1) is 5.99. The Balaban J connectivity index is 3.77. The molecule has 0 bridgehead atoms. The second-order valence-corrected chi connectivity index (χ2v) is 4.43. The first kappa shape index (κ1) is 12.9. The minimum absolute atomic E-state index is 0.142. The van der Waals surface area contributed by atoms with E-state index >= 15 is 0 Å². The summed E-state index contributed by atoms with van der Waals surface area (Å²) in [6.45, 7) is 8.12. The first-order valence-corrected chi connectivity index (χ1v) is 5.35. The zero-order chi connectivity index (χ0) is 10.4. The van der Waals surface area contributed by atoms with Gasteiger partial charge in [-0.25, -0.2) is 0 Å². The van der Waals surface area contributed by atoms with E-state index in [2.05, 4.69) is 13.8 Å². The van der Waals surface area contributed by atoms with Crippen molar-refractivity contribution in [2.24, 2.45) is 11.8 Å². The van der Waals surface area contributed by atoms with Crippen LogP contribution in [0, 0.1) is 11.8 Å². The minimum atomic E-state index is -0.570. The fourth-order valence-electron chi connectivity index (χ4n) is 1.61. The lowest BCUT2D eigenvalue weighted by atomic mass is 9.92. The molecule has 0 aromatic rings. The van der Waals surface area contributed by atoms with Crippen LogP contribution in [0.5, 0.6) is 0 Å². The Morgan fingerprint density at radius 2 is 1.62 bits per heavy atom. The van der Waals surface area contributed by atoms with Gasteiger partial charge in [0.05, 0.1) is 12.2 Å². The molecule has 0 aromatic carbocycles. The molecule has 2 N–H and O–H groups in total. The van der Waals surface area contributed by atoms with Crippen LogP contribution in [-0.2, 0) is 0 Å². The van der Waals surface area contributed by atoms with E-state index in [1.165, 1.54) is 0 Å². The maximum Gasteiger partial charge on any atom is 0.0822 e. The van der Waals surface area contributed by atoms with Gasteiger partial charge in [-0.2, -0.15) is 0 Å². The monoisotopic (exact) mass is 188 g/mol. The molecule has 3 unspecified atom stereocenters. The van der Waals surface area contributed by atoms with Gasteiger partial charge in [-0.05, 0) is 18.3 Å². The Morgan fingerprint density at radius 1 is 1.08 bits per heavy atom. The van der Waals surface area contributed by atoms with Gasteiger partial charge in [-0.3, -0.25) is 0 Å². The Labute approximate surface area is 82.0 Å². The predicted molar refractivity (Wildman–Crippen MR) is 55.5 cm³/mol. The topological polar surface area (TPSA) is 40.5 Å². The average molecular weight is 188 g/mol. The van der Waals surface area contributed by atoms with E-state index in [4.69, 9.17) is 0 Å². The van der Waals surface area contributed by atoms with Crippen LogP contribution in [0.3, 0.4) is 0 Å². The van der Waals surface area contributed by atoms with Crippen molar-refractivity contribution in [1.29, 1.82) is 0 Å². The van der Waals surface area contributed by atoms with Gasteiger partial charge in [0.15, 0.2) is 0 Å². The van der Waals surface area contributed by atoms with Crippen molar-refractivity contribution in [3.05, 3.63) is 0 Å². The van der Waals surface area contributed by atoms with Gasteiger partial charge in [-0.1, -0.05) is 40.5 Å². The van der Waals surface area contributed by atoms with E-state index in [1.807, 2.05) is 13.8 Å². The quantitative estimate of drug-likeness (QED) is 0.671. The lowest BCUT2D eigenvalue weighted by Crippen LogP contribution is -2.32. The minimum Gasteiger partial charge on any atom is -0.390 e. The molecule has 0 saturated heterocycles. The molecule has 2 heteroatoms. The van der Waals surface area contributed by atoms with Crippen LogP contribution in [0.2, 0.25) is 0 Å². The fourth-order valence-corrected chi connectivity index (χ4v) is 1.61. The molecule has 0 radical (unpaired) electrons. The maximum atomic E-state index is 9.64. The average Bonchev–Trinajstić information content (AvgIpc) is 2.03. The normalized spacial score (nSPS) is 18.7. The summed E-state index contributed by atoms with van der Waals surface area (Å²) >= 11 is 0. The first-order valence-electron chi connectivity index (χ1n) is 5.35. The number of hydrogen-bond donors (Lipinski definition) is 2. The smallest absolute Gasteiger partial charge is 0.0822 e. The molecule has 0 amide bonds.